The number of nitrogen functional groups attached to an aromatic ring is 1. The van der Waals surface area contributed by atoms with Gasteiger partial charge in [0, 0.05) is 6.54 Å². The maximum atomic E-state index is 9.39. The highest BCUT2D eigenvalue weighted by molar-refractivity contribution is 5.68. The second-order valence-electron chi connectivity index (χ2n) is 4.69. The van der Waals surface area contributed by atoms with Gasteiger partial charge in [-0.3, -0.25) is 0 Å². The summed E-state index contributed by atoms with van der Waals surface area (Å²) in [5.41, 5.74) is 6.46. The minimum atomic E-state index is -0.141. The molecule has 0 radical (unpaired) electrons. The molecular formula is C12H20N4O3. The predicted molar refractivity (Wildman–Crippen MR) is 71.2 cm³/mol. The Bertz CT molecular complexity index is 427. The number of rotatable bonds is 4. The van der Waals surface area contributed by atoms with Crippen molar-refractivity contribution in [3.8, 4) is 5.88 Å². The van der Waals surface area contributed by atoms with Gasteiger partial charge in [0.05, 0.1) is 32.0 Å². The van der Waals surface area contributed by atoms with Crippen LogP contribution in [0.2, 0.25) is 0 Å². The van der Waals surface area contributed by atoms with E-state index in [0.717, 1.165) is 0 Å². The summed E-state index contributed by atoms with van der Waals surface area (Å²) in [7, 11) is 0. The SMILES string of the molecule is CC(C)Oc1ncnc(N2CCOCC2CO)c1N. The van der Waals surface area contributed by atoms with Crippen molar-refractivity contribution in [1.29, 1.82) is 0 Å². The van der Waals surface area contributed by atoms with Crippen molar-refractivity contribution in [3.63, 3.8) is 0 Å². The first-order valence-corrected chi connectivity index (χ1v) is 6.35. The molecule has 19 heavy (non-hydrogen) atoms. The van der Waals surface area contributed by atoms with E-state index < -0.39 is 0 Å². The fourth-order valence-corrected chi connectivity index (χ4v) is 2.00. The summed E-state index contributed by atoms with van der Waals surface area (Å²) in [5.74, 6) is 0.969. The van der Waals surface area contributed by atoms with Gasteiger partial charge in [0.15, 0.2) is 5.82 Å². The van der Waals surface area contributed by atoms with Crippen LogP contribution >= 0.6 is 0 Å². The molecule has 1 aliphatic rings. The van der Waals surface area contributed by atoms with Crippen LogP contribution in [-0.2, 0) is 4.74 Å². The Kier molecular flexibility index (Phi) is 4.39. The van der Waals surface area contributed by atoms with Crippen LogP contribution in [0.15, 0.2) is 6.33 Å². The largest absolute Gasteiger partial charge is 0.473 e. The number of hydrogen-bond acceptors (Lipinski definition) is 7. The van der Waals surface area contributed by atoms with Crippen molar-refractivity contribution in [1.82, 2.24) is 9.97 Å². The van der Waals surface area contributed by atoms with Crippen LogP contribution in [0, 0.1) is 0 Å². The summed E-state index contributed by atoms with van der Waals surface area (Å²) >= 11 is 0. The molecule has 7 heteroatoms. The Labute approximate surface area is 112 Å². The number of anilines is 2. The smallest absolute Gasteiger partial charge is 0.242 e. The summed E-state index contributed by atoms with van der Waals surface area (Å²) in [6.45, 7) is 5.48. The Morgan fingerprint density at radius 1 is 1.58 bits per heavy atom. The Morgan fingerprint density at radius 2 is 2.37 bits per heavy atom. The van der Waals surface area contributed by atoms with E-state index in [4.69, 9.17) is 15.2 Å². The van der Waals surface area contributed by atoms with Crippen molar-refractivity contribution in [2.45, 2.75) is 26.0 Å². The van der Waals surface area contributed by atoms with Crippen molar-refractivity contribution in [3.05, 3.63) is 6.33 Å². The van der Waals surface area contributed by atoms with Crippen LogP contribution in [0.25, 0.3) is 0 Å². The van der Waals surface area contributed by atoms with E-state index in [2.05, 4.69) is 9.97 Å². The van der Waals surface area contributed by atoms with Crippen LogP contribution < -0.4 is 15.4 Å². The summed E-state index contributed by atoms with van der Waals surface area (Å²) in [5, 5.41) is 9.39. The number of morpholine rings is 1. The van der Waals surface area contributed by atoms with Gasteiger partial charge < -0.3 is 25.2 Å². The fourth-order valence-electron chi connectivity index (χ4n) is 2.00. The Hall–Kier alpha value is -1.60. The predicted octanol–water partition coefficient (Wildman–Crippen LogP) is 0.0435. The Balaban J connectivity index is 2.28. The van der Waals surface area contributed by atoms with Crippen LogP contribution in [0.1, 0.15) is 13.8 Å². The average Bonchev–Trinajstić information content (AvgIpc) is 2.41. The third-order valence-corrected chi connectivity index (χ3v) is 2.88. The maximum Gasteiger partial charge on any atom is 0.242 e. The number of nitrogens with zero attached hydrogens (tertiary/aromatic N) is 3. The molecule has 3 N–H and O–H groups in total. The van der Waals surface area contributed by atoms with Crippen LogP contribution in [-0.4, -0.2) is 53.6 Å². The lowest BCUT2D eigenvalue weighted by molar-refractivity contribution is 0.0723. The highest BCUT2D eigenvalue weighted by Crippen LogP contribution is 2.30. The number of aromatic nitrogens is 2. The molecule has 0 aromatic carbocycles. The van der Waals surface area contributed by atoms with Gasteiger partial charge in [0.25, 0.3) is 0 Å². The molecule has 0 spiro atoms. The van der Waals surface area contributed by atoms with Crippen LogP contribution in [0.5, 0.6) is 5.88 Å². The second kappa shape index (κ2) is 6.03. The third-order valence-electron chi connectivity index (χ3n) is 2.88. The number of ether oxygens (including phenoxy) is 2. The van der Waals surface area contributed by atoms with E-state index >= 15 is 0 Å². The molecule has 0 amide bonds. The molecule has 1 atom stereocenters. The number of aliphatic hydroxyl groups is 1. The van der Waals surface area contributed by atoms with E-state index in [1.807, 2.05) is 18.7 Å². The Morgan fingerprint density at radius 3 is 3.05 bits per heavy atom. The lowest BCUT2D eigenvalue weighted by Crippen LogP contribution is -2.48. The molecule has 7 nitrogen and oxygen atoms in total. The van der Waals surface area contributed by atoms with Crippen molar-refractivity contribution in [2.24, 2.45) is 0 Å². The summed E-state index contributed by atoms with van der Waals surface area (Å²) < 4.78 is 10.9. The minimum Gasteiger partial charge on any atom is -0.473 e. The molecule has 1 unspecified atom stereocenters. The first-order valence-electron chi connectivity index (χ1n) is 6.35. The van der Waals surface area contributed by atoms with Gasteiger partial charge in [-0.05, 0) is 13.8 Å². The molecule has 1 saturated heterocycles. The highest BCUT2D eigenvalue weighted by Gasteiger charge is 2.26. The summed E-state index contributed by atoms with van der Waals surface area (Å²) in [6, 6.07) is -0.141. The minimum absolute atomic E-state index is 0.0101. The standard InChI is InChI=1S/C12H20N4O3/c1-8(2)19-12-10(13)11(14-7-15-12)16-3-4-18-6-9(16)5-17/h7-9,17H,3-6,13H2,1-2H3. The normalized spacial score (nSPS) is 19.8. The molecule has 1 aromatic heterocycles. The zero-order valence-electron chi connectivity index (χ0n) is 11.2. The summed E-state index contributed by atoms with van der Waals surface area (Å²) in [6.07, 6.45) is 1.41. The van der Waals surface area contributed by atoms with E-state index in [1.165, 1.54) is 6.33 Å². The maximum absolute atomic E-state index is 9.39. The molecule has 0 aliphatic carbocycles. The lowest BCUT2D eigenvalue weighted by atomic mass is 10.2. The van der Waals surface area contributed by atoms with Crippen molar-refractivity contribution < 1.29 is 14.6 Å². The number of aliphatic hydroxyl groups excluding tert-OH is 1. The van der Waals surface area contributed by atoms with E-state index in [0.29, 0.717) is 37.1 Å². The second-order valence-corrected chi connectivity index (χ2v) is 4.69. The lowest BCUT2D eigenvalue weighted by Gasteiger charge is -2.35. The van der Waals surface area contributed by atoms with Crippen molar-refractivity contribution >= 4 is 11.5 Å². The summed E-state index contributed by atoms with van der Waals surface area (Å²) in [4.78, 5) is 10.2. The van der Waals surface area contributed by atoms with Crippen LogP contribution in [0.4, 0.5) is 11.5 Å². The molecular weight excluding hydrogens is 248 g/mol. The van der Waals surface area contributed by atoms with Gasteiger partial charge in [-0.1, -0.05) is 0 Å². The van der Waals surface area contributed by atoms with Gasteiger partial charge in [0.1, 0.15) is 12.0 Å². The molecule has 1 aliphatic heterocycles. The molecule has 2 rings (SSSR count). The zero-order chi connectivity index (χ0) is 13.8. The quantitative estimate of drug-likeness (QED) is 0.796. The van der Waals surface area contributed by atoms with E-state index in [-0.39, 0.29) is 18.8 Å². The molecule has 1 aromatic rings. The topological polar surface area (TPSA) is 93.7 Å². The average molecular weight is 268 g/mol. The highest BCUT2D eigenvalue weighted by atomic mass is 16.5. The molecule has 2 heterocycles. The molecule has 0 saturated carbocycles. The van der Waals surface area contributed by atoms with Crippen molar-refractivity contribution in [2.75, 3.05) is 37.0 Å². The molecule has 106 valence electrons. The van der Waals surface area contributed by atoms with E-state index in [9.17, 15) is 5.11 Å². The van der Waals surface area contributed by atoms with Gasteiger partial charge in [-0.25, -0.2) is 4.98 Å². The molecule has 0 bridgehead atoms. The first-order chi connectivity index (χ1) is 9.13. The first kappa shape index (κ1) is 13.8. The van der Waals surface area contributed by atoms with Gasteiger partial charge in [-0.15, -0.1) is 0 Å². The number of nitrogens with two attached hydrogens (primary N) is 1. The zero-order valence-corrected chi connectivity index (χ0v) is 11.2. The van der Waals surface area contributed by atoms with Crippen LogP contribution in [0.3, 0.4) is 0 Å². The monoisotopic (exact) mass is 268 g/mol. The van der Waals surface area contributed by atoms with Gasteiger partial charge >= 0.3 is 0 Å². The van der Waals surface area contributed by atoms with Gasteiger partial charge in [0.2, 0.25) is 5.88 Å². The third kappa shape index (κ3) is 3.05. The molecule has 1 fully saturated rings. The van der Waals surface area contributed by atoms with Gasteiger partial charge in [-0.2, -0.15) is 4.98 Å². The van der Waals surface area contributed by atoms with E-state index in [1.54, 1.807) is 0 Å². The fraction of sp³-hybridized carbons (Fsp3) is 0.667. The number of hydrogen-bond donors (Lipinski definition) is 2.